The van der Waals surface area contributed by atoms with E-state index in [9.17, 15) is 0 Å². The van der Waals surface area contributed by atoms with Crippen molar-refractivity contribution < 1.29 is 0 Å². The molecule has 1 aliphatic carbocycles. The molecule has 0 amide bonds. The number of nitrogens with one attached hydrogen (secondary N) is 1. The lowest BCUT2D eigenvalue weighted by molar-refractivity contribution is 0.195. The third-order valence-corrected chi connectivity index (χ3v) is 4.63. The predicted octanol–water partition coefficient (Wildman–Crippen LogP) is 2.89. The van der Waals surface area contributed by atoms with Gasteiger partial charge in [-0.05, 0) is 70.1 Å². The van der Waals surface area contributed by atoms with E-state index in [1.54, 1.807) is 0 Å². The van der Waals surface area contributed by atoms with Gasteiger partial charge in [0.1, 0.15) is 0 Å². The average Bonchev–Trinajstić information content (AvgIpc) is 2.75. The quantitative estimate of drug-likeness (QED) is 0.792. The molecule has 2 unspecified atom stereocenters. The van der Waals surface area contributed by atoms with Crippen LogP contribution in [0.5, 0.6) is 0 Å². The molecular weight excluding hydrogens is 208 g/mol. The predicted molar refractivity (Wildman–Crippen MR) is 74.3 cm³/mol. The minimum Gasteiger partial charge on any atom is -0.314 e. The Morgan fingerprint density at radius 2 is 1.88 bits per heavy atom. The van der Waals surface area contributed by atoms with E-state index in [1.165, 1.54) is 64.7 Å². The lowest BCUT2D eigenvalue weighted by atomic mass is 10.0. The molecule has 0 aromatic carbocycles. The highest BCUT2D eigenvalue weighted by Gasteiger charge is 2.23. The zero-order valence-electron chi connectivity index (χ0n) is 11.8. The zero-order chi connectivity index (χ0) is 12.1. The first kappa shape index (κ1) is 13.4. The molecule has 0 bridgehead atoms. The summed E-state index contributed by atoms with van der Waals surface area (Å²) in [5.41, 5.74) is 0. The number of piperidine rings is 1. The molecule has 2 nitrogen and oxygen atoms in total. The summed E-state index contributed by atoms with van der Waals surface area (Å²) in [6.45, 7) is 9.89. The molecule has 1 aliphatic heterocycles. The second-order valence-corrected chi connectivity index (χ2v) is 6.31. The number of likely N-dealkylation sites (tertiary alicyclic amines) is 1. The van der Waals surface area contributed by atoms with Crippen molar-refractivity contribution in [2.24, 2.45) is 11.8 Å². The van der Waals surface area contributed by atoms with Crippen LogP contribution in [0.15, 0.2) is 0 Å². The van der Waals surface area contributed by atoms with Crippen molar-refractivity contribution in [2.45, 2.75) is 58.4 Å². The molecule has 0 radical (unpaired) electrons. The first-order chi connectivity index (χ1) is 8.28. The van der Waals surface area contributed by atoms with Gasteiger partial charge in [0.2, 0.25) is 0 Å². The summed E-state index contributed by atoms with van der Waals surface area (Å²) >= 11 is 0. The number of rotatable bonds is 5. The summed E-state index contributed by atoms with van der Waals surface area (Å²) in [4.78, 5) is 2.62. The van der Waals surface area contributed by atoms with Gasteiger partial charge in [-0.2, -0.15) is 0 Å². The van der Waals surface area contributed by atoms with Crippen molar-refractivity contribution in [2.75, 3.05) is 26.2 Å². The first-order valence-electron chi connectivity index (χ1n) is 7.73. The topological polar surface area (TPSA) is 15.3 Å². The normalized spacial score (nSPS) is 32.1. The maximum absolute atomic E-state index is 3.82. The Bertz CT molecular complexity index is 209. The van der Waals surface area contributed by atoms with Crippen LogP contribution in [0.4, 0.5) is 0 Å². The van der Waals surface area contributed by atoms with Gasteiger partial charge in [0.15, 0.2) is 0 Å². The van der Waals surface area contributed by atoms with Crippen molar-refractivity contribution in [1.82, 2.24) is 10.2 Å². The Morgan fingerprint density at radius 1 is 1.12 bits per heavy atom. The molecule has 1 saturated heterocycles. The zero-order valence-corrected chi connectivity index (χ0v) is 11.8. The van der Waals surface area contributed by atoms with Gasteiger partial charge < -0.3 is 10.2 Å². The Labute approximate surface area is 107 Å². The molecule has 2 fully saturated rings. The fraction of sp³-hybridized carbons (Fsp3) is 1.00. The van der Waals surface area contributed by atoms with Gasteiger partial charge in [-0.1, -0.05) is 20.3 Å². The van der Waals surface area contributed by atoms with Gasteiger partial charge >= 0.3 is 0 Å². The van der Waals surface area contributed by atoms with Crippen LogP contribution in [-0.4, -0.2) is 37.1 Å². The number of hydrogen-bond donors (Lipinski definition) is 1. The molecule has 2 heteroatoms. The van der Waals surface area contributed by atoms with Crippen LogP contribution in [-0.2, 0) is 0 Å². The van der Waals surface area contributed by atoms with Gasteiger partial charge in [0.25, 0.3) is 0 Å². The van der Waals surface area contributed by atoms with E-state index in [-0.39, 0.29) is 0 Å². The maximum Gasteiger partial charge on any atom is 0.00915 e. The molecule has 2 rings (SSSR count). The van der Waals surface area contributed by atoms with Crippen LogP contribution in [0.2, 0.25) is 0 Å². The Hall–Kier alpha value is -0.0800. The summed E-state index contributed by atoms with van der Waals surface area (Å²) in [5.74, 6) is 1.95. The highest BCUT2D eigenvalue weighted by Crippen LogP contribution is 2.29. The van der Waals surface area contributed by atoms with Crippen LogP contribution in [0.25, 0.3) is 0 Å². The molecule has 100 valence electrons. The van der Waals surface area contributed by atoms with Crippen LogP contribution < -0.4 is 5.32 Å². The molecule has 0 spiro atoms. The highest BCUT2D eigenvalue weighted by atomic mass is 15.1. The van der Waals surface area contributed by atoms with Crippen LogP contribution in [0, 0.1) is 11.8 Å². The largest absolute Gasteiger partial charge is 0.314 e. The van der Waals surface area contributed by atoms with Crippen LogP contribution in [0.3, 0.4) is 0 Å². The Balaban J connectivity index is 1.58. The van der Waals surface area contributed by atoms with Gasteiger partial charge in [0.05, 0.1) is 0 Å². The SMILES string of the molecule is CCCN1CCC(NCC2CCC(C)C2)CC1. The maximum atomic E-state index is 3.82. The summed E-state index contributed by atoms with van der Waals surface area (Å²) in [6, 6.07) is 0.805. The minimum atomic E-state index is 0.805. The van der Waals surface area contributed by atoms with Crippen molar-refractivity contribution >= 4 is 0 Å². The smallest absolute Gasteiger partial charge is 0.00915 e. The standard InChI is InChI=1S/C15H30N2/c1-3-8-17-9-6-15(7-10-17)16-12-14-5-4-13(2)11-14/h13-16H,3-12H2,1-2H3. The van der Waals surface area contributed by atoms with E-state index in [0.717, 1.165) is 17.9 Å². The highest BCUT2D eigenvalue weighted by molar-refractivity contribution is 4.80. The summed E-state index contributed by atoms with van der Waals surface area (Å²) < 4.78 is 0. The molecule has 2 aliphatic rings. The van der Waals surface area contributed by atoms with Gasteiger partial charge in [0, 0.05) is 6.04 Å². The minimum absolute atomic E-state index is 0.805. The summed E-state index contributed by atoms with van der Waals surface area (Å²) in [7, 11) is 0. The van der Waals surface area contributed by atoms with Crippen molar-refractivity contribution in [1.29, 1.82) is 0 Å². The fourth-order valence-corrected chi connectivity index (χ4v) is 3.52. The third-order valence-electron chi connectivity index (χ3n) is 4.63. The second-order valence-electron chi connectivity index (χ2n) is 6.31. The van der Waals surface area contributed by atoms with E-state index in [0.29, 0.717) is 0 Å². The van der Waals surface area contributed by atoms with Gasteiger partial charge in [-0.25, -0.2) is 0 Å². The molecule has 1 N–H and O–H groups in total. The molecule has 17 heavy (non-hydrogen) atoms. The lowest BCUT2D eigenvalue weighted by Gasteiger charge is -2.32. The number of nitrogens with zero attached hydrogens (tertiary/aromatic N) is 1. The summed E-state index contributed by atoms with van der Waals surface area (Å²) in [5, 5.41) is 3.82. The van der Waals surface area contributed by atoms with Crippen molar-refractivity contribution in [3.05, 3.63) is 0 Å². The van der Waals surface area contributed by atoms with Crippen molar-refractivity contribution in [3.8, 4) is 0 Å². The van der Waals surface area contributed by atoms with Gasteiger partial charge in [-0.15, -0.1) is 0 Å². The average molecular weight is 238 g/mol. The van der Waals surface area contributed by atoms with Crippen LogP contribution >= 0.6 is 0 Å². The Kier molecular flexibility index (Phi) is 5.30. The molecule has 0 aromatic rings. The summed E-state index contributed by atoms with van der Waals surface area (Å²) in [6.07, 6.45) is 8.41. The van der Waals surface area contributed by atoms with Crippen molar-refractivity contribution in [3.63, 3.8) is 0 Å². The number of hydrogen-bond acceptors (Lipinski definition) is 2. The third kappa shape index (κ3) is 4.26. The molecule has 0 aromatic heterocycles. The first-order valence-corrected chi connectivity index (χ1v) is 7.73. The molecular formula is C15H30N2. The second kappa shape index (κ2) is 6.75. The van der Waals surface area contributed by atoms with E-state index < -0.39 is 0 Å². The van der Waals surface area contributed by atoms with E-state index in [2.05, 4.69) is 24.1 Å². The van der Waals surface area contributed by atoms with E-state index >= 15 is 0 Å². The molecule has 1 heterocycles. The lowest BCUT2D eigenvalue weighted by Crippen LogP contribution is -2.43. The monoisotopic (exact) mass is 238 g/mol. The van der Waals surface area contributed by atoms with E-state index in [4.69, 9.17) is 0 Å². The van der Waals surface area contributed by atoms with Crippen LogP contribution in [0.1, 0.15) is 52.4 Å². The molecule has 2 atom stereocenters. The van der Waals surface area contributed by atoms with Gasteiger partial charge in [-0.3, -0.25) is 0 Å². The van der Waals surface area contributed by atoms with E-state index in [1.807, 2.05) is 0 Å². The fourth-order valence-electron chi connectivity index (χ4n) is 3.52. The Morgan fingerprint density at radius 3 is 2.47 bits per heavy atom. The molecule has 1 saturated carbocycles.